The lowest BCUT2D eigenvalue weighted by Crippen LogP contribution is -2.17. The fourth-order valence-corrected chi connectivity index (χ4v) is 2.88. The summed E-state index contributed by atoms with van der Waals surface area (Å²) < 4.78 is 21.2. The molecule has 0 heterocycles. The fraction of sp³-hybridized carbons (Fsp3) is 0.125. The Morgan fingerprint density at radius 1 is 0.909 bits per heavy atom. The minimum Gasteiger partial charge on any atom is -0.507 e. The summed E-state index contributed by atoms with van der Waals surface area (Å²) in [7, 11) is 4.38. The number of methoxy groups -OCH3 is 3. The summed E-state index contributed by atoms with van der Waals surface area (Å²) in [5.41, 5.74) is 3.33. The lowest BCUT2D eigenvalue weighted by Gasteiger charge is -2.13. The van der Waals surface area contributed by atoms with Crippen LogP contribution >= 0.6 is 0 Å². The number of phenols is 1. The average Bonchev–Trinajstić information content (AvgIpc) is 2.84. The van der Waals surface area contributed by atoms with E-state index in [1.807, 2.05) is 0 Å². The summed E-state index contributed by atoms with van der Waals surface area (Å²) in [6, 6.07) is 15.6. The van der Waals surface area contributed by atoms with Crippen molar-refractivity contribution in [1.82, 2.24) is 5.43 Å². The van der Waals surface area contributed by atoms with E-state index in [0.29, 0.717) is 28.6 Å². The average molecular weight is 450 g/mol. The summed E-state index contributed by atoms with van der Waals surface area (Å²) in [5, 5.41) is 13.6. The van der Waals surface area contributed by atoms with Gasteiger partial charge >= 0.3 is 5.97 Å². The molecule has 0 bridgehead atoms. The van der Waals surface area contributed by atoms with Crippen molar-refractivity contribution in [3.8, 4) is 28.7 Å². The first-order chi connectivity index (χ1) is 16.0. The standard InChI is InChI=1S/C24H22N2O7/c1-30-20-12-16(13-21(31-2)22(20)32-3)24(29)33-17-10-8-15(9-11-17)14-25-26-23(28)18-6-4-5-7-19(18)27/h4-14,27H,1-3H3,(H,26,28)/b25-14-. The normalized spacial score (nSPS) is 10.5. The molecule has 0 aromatic heterocycles. The molecule has 0 unspecified atom stereocenters. The number of phenolic OH excluding ortho intramolecular Hbond substituents is 1. The van der Waals surface area contributed by atoms with Gasteiger partial charge in [0.1, 0.15) is 11.5 Å². The maximum Gasteiger partial charge on any atom is 0.343 e. The van der Waals surface area contributed by atoms with Crippen molar-refractivity contribution in [3.63, 3.8) is 0 Å². The molecule has 0 aliphatic heterocycles. The van der Waals surface area contributed by atoms with Gasteiger partial charge in [0.15, 0.2) is 11.5 Å². The van der Waals surface area contributed by atoms with Crippen LogP contribution < -0.4 is 24.4 Å². The predicted octanol–water partition coefficient (Wildman–Crippen LogP) is 3.40. The fourth-order valence-electron chi connectivity index (χ4n) is 2.88. The number of aromatic hydroxyl groups is 1. The lowest BCUT2D eigenvalue weighted by molar-refractivity contribution is 0.0733. The van der Waals surface area contributed by atoms with E-state index in [1.54, 1.807) is 36.4 Å². The molecule has 33 heavy (non-hydrogen) atoms. The van der Waals surface area contributed by atoms with E-state index in [4.69, 9.17) is 18.9 Å². The Kier molecular flexibility index (Phi) is 7.48. The Hall–Kier alpha value is -4.53. The van der Waals surface area contributed by atoms with E-state index < -0.39 is 11.9 Å². The molecule has 170 valence electrons. The Labute approximate surface area is 190 Å². The van der Waals surface area contributed by atoms with Crippen LogP contribution in [0.2, 0.25) is 0 Å². The zero-order chi connectivity index (χ0) is 23.8. The molecule has 0 aliphatic rings. The number of benzene rings is 3. The first-order valence-electron chi connectivity index (χ1n) is 9.70. The number of nitrogens with one attached hydrogen (secondary N) is 1. The van der Waals surface area contributed by atoms with E-state index in [1.165, 1.54) is 51.8 Å². The van der Waals surface area contributed by atoms with Gasteiger partial charge in [0, 0.05) is 0 Å². The first kappa shape index (κ1) is 23.1. The third kappa shape index (κ3) is 5.59. The molecule has 0 atom stereocenters. The van der Waals surface area contributed by atoms with Crippen LogP contribution in [0.1, 0.15) is 26.3 Å². The third-order valence-electron chi connectivity index (χ3n) is 4.52. The highest BCUT2D eigenvalue weighted by Crippen LogP contribution is 2.38. The van der Waals surface area contributed by atoms with E-state index in [0.717, 1.165) is 0 Å². The summed E-state index contributed by atoms with van der Waals surface area (Å²) in [6.45, 7) is 0. The molecule has 2 N–H and O–H groups in total. The Balaban J connectivity index is 1.65. The number of hydrogen-bond donors (Lipinski definition) is 2. The zero-order valence-corrected chi connectivity index (χ0v) is 18.2. The molecule has 0 fully saturated rings. The number of carbonyl (C=O) groups is 2. The van der Waals surface area contributed by atoms with E-state index in [2.05, 4.69) is 10.5 Å². The number of esters is 1. The van der Waals surface area contributed by atoms with Gasteiger partial charge in [-0.2, -0.15) is 5.10 Å². The number of carbonyl (C=O) groups excluding carboxylic acids is 2. The first-order valence-corrected chi connectivity index (χ1v) is 9.70. The Morgan fingerprint density at radius 3 is 2.12 bits per heavy atom. The van der Waals surface area contributed by atoms with Crippen LogP contribution in [0.4, 0.5) is 0 Å². The Bertz CT molecular complexity index is 1150. The quantitative estimate of drug-likeness (QED) is 0.234. The van der Waals surface area contributed by atoms with Gasteiger partial charge in [0.05, 0.1) is 38.7 Å². The van der Waals surface area contributed by atoms with Crippen molar-refractivity contribution in [3.05, 3.63) is 77.4 Å². The molecule has 0 saturated heterocycles. The second-order valence-electron chi connectivity index (χ2n) is 6.59. The number of nitrogens with zero attached hydrogens (tertiary/aromatic N) is 1. The third-order valence-corrected chi connectivity index (χ3v) is 4.52. The summed E-state index contributed by atoms with van der Waals surface area (Å²) in [6.07, 6.45) is 1.42. The predicted molar refractivity (Wildman–Crippen MR) is 121 cm³/mol. The van der Waals surface area contributed by atoms with Crippen molar-refractivity contribution >= 4 is 18.1 Å². The molecule has 9 heteroatoms. The minimum atomic E-state index is -0.606. The molecule has 3 aromatic rings. The van der Waals surface area contributed by atoms with Crippen molar-refractivity contribution in [2.75, 3.05) is 21.3 Å². The highest BCUT2D eigenvalue weighted by atomic mass is 16.5. The molecule has 0 saturated carbocycles. The maximum atomic E-state index is 12.6. The smallest absolute Gasteiger partial charge is 0.343 e. The molecule has 1 amide bonds. The van der Waals surface area contributed by atoms with Crippen LogP contribution in [-0.2, 0) is 0 Å². The van der Waals surface area contributed by atoms with Gasteiger partial charge < -0.3 is 24.1 Å². The zero-order valence-electron chi connectivity index (χ0n) is 18.2. The van der Waals surface area contributed by atoms with Crippen LogP contribution in [0.15, 0.2) is 65.8 Å². The number of para-hydroxylation sites is 1. The number of hydrogen-bond acceptors (Lipinski definition) is 8. The van der Waals surface area contributed by atoms with Crippen LogP contribution in [0.5, 0.6) is 28.7 Å². The molecule has 0 radical (unpaired) electrons. The van der Waals surface area contributed by atoms with E-state index in [-0.39, 0.29) is 16.9 Å². The highest BCUT2D eigenvalue weighted by molar-refractivity contribution is 5.97. The monoisotopic (exact) mass is 450 g/mol. The van der Waals surface area contributed by atoms with Crippen molar-refractivity contribution in [2.45, 2.75) is 0 Å². The van der Waals surface area contributed by atoms with Gasteiger partial charge in [-0.05, 0) is 54.1 Å². The van der Waals surface area contributed by atoms with Crippen LogP contribution in [0, 0.1) is 0 Å². The van der Waals surface area contributed by atoms with Crippen molar-refractivity contribution in [2.24, 2.45) is 5.10 Å². The summed E-state index contributed by atoms with van der Waals surface area (Å²) in [5.74, 6) is 0.0654. The minimum absolute atomic E-state index is 0.115. The molecular formula is C24H22N2O7. The molecule has 0 spiro atoms. The summed E-state index contributed by atoms with van der Waals surface area (Å²) >= 11 is 0. The SMILES string of the molecule is COc1cc(C(=O)Oc2ccc(/C=N\NC(=O)c3ccccc3O)cc2)cc(OC)c1OC. The van der Waals surface area contributed by atoms with Crippen molar-refractivity contribution < 1.29 is 33.6 Å². The van der Waals surface area contributed by atoms with Gasteiger partial charge in [-0.3, -0.25) is 4.79 Å². The lowest BCUT2D eigenvalue weighted by atomic mass is 10.2. The topological polar surface area (TPSA) is 116 Å². The largest absolute Gasteiger partial charge is 0.507 e. The van der Waals surface area contributed by atoms with Gasteiger partial charge in [-0.15, -0.1) is 0 Å². The van der Waals surface area contributed by atoms with Crippen LogP contribution in [0.3, 0.4) is 0 Å². The van der Waals surface area contributed by atoms with Gasteiger partial charge in [-0.1, -0.05) is 12.1 Å². The molecule has 3 rings (SSSR count). The van der Waals surface area contributed by atoms with E-state index >= 15 is 0 Å². The Morgan fingerprint density at radius 2 is 1.55 bits per heavy atom. The number of amides is 1. The maximum absolute atomic E-state index is 12.6. The van der Waals surface area contributed by atoms with Crippen molar-refractivity contribution in [1.29, 1.82) is 0 Å². The number of hydrazone groups is 1. The molecule has 3 aromatic carbocycles. The highest BCUT2D eigenvalue weighted by Gasteiger charge is 2.18. The second-order valence-corrected chi connectivity index (χ2v) is 6.59. The molecule has 9 nitrogen and oxygen atoms in total. The summed E-state index contributed by atoms with van der Waals surface area (Å²) in [4.78, 5) is 24.6. The van der Waals surface area contributed by atoms with Gasteiger partial charge in [0.25, 0.3) is 5.91 Å². The van der Waals surface area contributed by atoms with Crippen LogP contribution in [-0.4, -0.2) is 44.5 Å². The van der Waals surface area contributed by atoms with E-state index in [9.17, 15) is 14.7 Å². The second kappa shape index (κ2) is 10.7. The van der Waals surface area contributed by atoms with Crippen LogP contribution in [0.25, 0.3) is 0 Å². The number of ether oxygens (including phenoxy) is 4. The van der Waals surface area contributed by atoms with Gasteiger partial charge in [-0.25, -0.2) is 10.2 Å². The number of rotatable bonds is 8. The molecule has 0 aliphatic carbocycles. The molecular weight excluding hydrogens is 428 g/mol. The van der Waals surface area contributed by atoms with Gasteiger partial charge in [0.2, 0.25) is 5.75 Å².